The fourth-order valence-electron chi connectivity index (χ4n) is 3.15. The first-order chi connectivity index (χ1) is 12.5. The highest BCUT2D eigenvalue weighted by molar-refractivity contribution is 9.09. The number of hydrogen-bond donors (Lipinski definition) is 2. The van der Waals surface area contributed by atoms with Gasteiger partial charge in [0, 0.05) is 23.9 Å². The van der Waals surface area contributed by atoms with Crippen LogP contribution < -0.4 is 10.6 Å². The number of carbonyl (C=O) groups excluding carboxylic acids is 1. The van der Waals surface area contributed by atoms with Crippen molar-refractivity contribution in [3.8, 4) is 0 Å². The first-order valence-electron chi connectivity index (χ1n) is 8.59. The molecule has 1 saturated carbocycles. The van der Waals surface area contributed by atoms with Crippen molar-refractivity contribution < 1.29 is 9.72 Å². The molecule has 2 aromatic rings. The fourth-order valence-corrected chi connectivity index (χ4v) is 3.66. The Morgan fingerprint density at radius 1 is 1.15 bits per heavy atom. The molecular weight excluding hydrogens is 398 g/mol. The number of nitrogens with zero attached hydrogens (tertiary/aromatic N) is 1. The average molecular weight is 418 g/mol. The van der Waals surface area contributed by atoms with Crippen LogP contribution in [0.2, 0.25) is 0 Å². The predicted octanol–water partition coefficient (Wildman–Crippen LogP) is 4.77. The zero-order valence-corrected chi connectivity index (χ0v) is 15.7. The topological polar surface area (TPSA) is 84.3 Å². The van der Waals surface area contributed by atoms with E-state index in [9.17, 15) is 14.9 Å². The summed E-state index contributed by atoms with van der Waals surface area (Å²) >= 11 is 3.46. The van der Waals surface area contributed by atoms with Gasteiger partial charge in [-0.1, -0.05) is 59.1 Å². The van der Waals surface area contributed by atoms with Gasteiger partial charge in [-0.25, -0.2) is 0 Å². The van der Waals surface area contributed by atoms with Gasteiger partial charge in [-0.05, 0) is 24.5 Å². The van der Waals surface area contributed by atoms with E-state index in [1.807, 2.05) is 30.3 Å². The van der Waals surface area contributed by atoms with E-state index in [1.54, 1.807) is 6.07 Å². The van der Waals surface area contributed by atoms with Crippen molar-refractivity contribution in [2.45, 2.75) is 36.7 Å². The highest BCUT2D eigenvalue weighted by atomic mass is 79.9. The van der Waals surface area contributed by atoms with E-state index in [2.05, 4.69) is 26.6 Å². The number of nitrogens with one attached hydrogen (secondary N) is 2. The molecule has 1 atom stereocenters. The van der Waals surface area contributed by atoms with Gasteiger partial charge in [0.15, 0.2) is 0 Å². The molecule has 1 aliphatic rings. The molecule has 3 rings (SSSR count). The molecule has 0 heterocycles. The van der Waals surface area contributed by atoms with Crippen LogP contribution in [-0.2, 0) is 0 Å². The van der Waals surface area contributed by atoms with Crippen molar-refractivity contribution in [2.24, 2.45) is 0 Å². The van der Waals surface area contributed by atoms with E-state index in [0.29, 0.717) is 11.7 Å². The first kappa shape index (κ1) is 18.4. The first-order valence-corrected chi connectivity index (χ1v) is 9.51. The van der Waals surface area contributed by atoms with Crippen molar-refractivity contribution in [2.75, 3.05) is 5.32 Å². The Bertz CT molecular complexity index is 792. The minimum Gasteiger partial charge on any atom is -0.382 e. The van der Waals surface area contributed by atoms with Gasteiger partial charge >= 0.3 is 0 Å². The smallest absolute Gasteiger partial charge is 0.270 e. The highest BCUT2D eigenvalue weighted by Gasteiger charge is 2.22. The van der Waals surface area contributed by atoms with Crippen LogP contribution in [-0.4, -0.2) is 16.9 Å². The number of rotatable bonds is 6. The minimum absolute atomic E-state index is 0.0991. The molecule has 0 bridgehead atoms. The van der Waals surface area contributed by atoms with Crippen LogP contribution in [0.5, 0.6) is 0 Å². The maximum absolute atomic E-state index is 12.8. The summed E-state index contributed by atoms with van der Waals surface area (Å²) in [7, 11) is 0. The molecule has 1 aliphatic carbocycles. The summed E-state index contributed by atoms with van der Waals surface area (Å²) in [5.41, 5.74) is 1.72. The molecule has 7 heteroatoms. The second-order valence-electron chi connectivity index (χ2n) is 6.36. The number of nitro groups is 1. The van der Waals surface area contributed by atoms with Gasteiger partial charge in [0.05, 0.1) is 10.5 Å². The lowest BCUT2D eigenvalue weighted by Gasteiger charge is -2.18. The molecule has 136 valence electrons. The SMILES string of the molecule is O=C(NC(Br)c1ccccc1)c1cc([N+](=O)[O-])ccc1NC1CCCC1. The molecule has 6 nitrogen and oxygen atoms in total. The van der Waals surface area contributed by atoms with Crippen molar-refractivity contribution in [1.82, 2.24) is 5.32 Å². The summed E-state index contributed by atoms with van der Waals surface area (Å²) in [5.74, 6) is -0.361. The van der Waals surface area contributed by atoms with E-state index in [-0.39, 0.29) is 22.1 Å². The summed E-state index contributed by atoms with van der Waals surface area (Å²) in [4.78, 5) is 23.0. The Hall–Kier alpha value is -2.41. The van der Waals surface area contributed by atoms with Crippen LogP contribution in [0, 0.1) is 10.1 Å². The third-order valence-electron chi connectivity index (χ3n) is 4.52. The normalized spacial score (nSPS) is 15.4. The molecule has 0 aliphatic heterocycles. The highest BCUT2D eigenvalue weighted by Crippen LogP contribution is 2.28. The summed E-state index contributed by atoms with van der Waals surface area (Å²) < 4.78 is 0. The second kappa shape index (κ2) is 8.31. The summed E-state index contributed by atoms with van der Waals surface area (Å²) in [6.45, 7) is 0. The summed E-state index contributed by atoms with van der Waals surface area (Å²) in [5, 5.41) is 17.3. The number of non-ortho nitro benzene ring substituents is 1. The van der Waals surface area contributed by atoms with Gasteiger partial charge in [-0.15, -0.1) is 0 Å². The van der Waals surface area contributed by atoms with Gasteiger partial charge in [0.1, 0.15) is 4.95 Å². The Labute approximate surface area is 160 Å². The van der Waals surface area contributed by atoms with Gasteiger partial charge < -0.3 is 10.6 Å². The number of hydrogen-bond acceptors (Lipinski definition) is 4. The van der Waals surface area contributed by atoms with Gasteiger partial charge in [0.25, 0.3) is 11.6 Å². The second-order valence-corrected chi connectivity index (χ2v) is 7.28. The number of amides is 1. The zero-order chi connectivity index (χ0) is 18.5. The standard InChI is InChI=1S/C19H20BrN3O3/c20-18(13-6-2-1-3-7-13)22-19(24)16-12-15(23(25)26)10-11-17(16)21-14-8-4-5-9-14/h1-3,6-7,10-12,14,18,21H,4-5,8-9H2,(H,22,24). The third-order valence-corrected chi connectivity index (χ3v) is 5.28. The van der Waals surface area contributed by atoms with Crippen LogP contribution in [0.15, 0.2) is 48.5 Å². The molecule has 1 unspecified atom stereocenters. The maximum atomic E-state index is 12.8. The van der Waals surface area contributed by atoms with Crippen molar-refractivity contribution in [3.05, 3.63) is 69.8 Å². The maximum Gasteiger partial charge on any atom is 0.270 e. The monoisotopic (exact) mass is 417 g/mol. The quantitative estimate of drug-likeness (QED) is 0.306. The lowest BCUT2D eigenvalue weighted by molar-refractivity contribution is -0.384. The van der Waals surface area contributed by atoms with E-state index >= 15 is 0 Å². The molecule has 1 fully saturated rings. The molecular formula is C19H20BrN3O3. The predicted molar refractivity (Wildman–Crippen MR) is 105 cm³/mol. The number of nitro benzene ring substituents is 1. The number of alkyl halides is 1. The number of carbonyl (C=O) groups is 1. The van der Waals surface area contributed by atoms with Crippen LogP contribution in [0.3, 0.4) is 0 Å². The van der Waals surface area contributed by atoms with Crippen LogP contribution in [0.25, 0.3) is 0 Å². The number of benzene rings is 2. The molecule has 0 saturated heterocycles. The number of anilines is 1. The number of halogens is 1. The Balaban J connectivity index is 1.83. The Kier molecular flexibility index (Phi) is 5.88. The van der Waals surface area contributed by atoms with Gasteiger partial charge in [-0.3, -0.25) is 14.9 Å². The van der Waals surface area contributed by atoms with Crippen LogP contribution in [0.1, 0.15) is 46.6 Å². The zero-order valence-electron chi connectivity index (χ0n) is 14.2. The third kappa shape index (κ3) is 4.40. The van der Waals surface area contributed by atoms with E-state index in [4.69, 9.17) is 0 Å². The average Bonchev–Trinajstić information content (AvgIpc) is 3.15. The van der Waals surface area contributed by atoms with Crippen molar-refractivity contribution in [1.29, 1.82) is 0 Å². The molecule has 26 heavy (non-hydrogen) atoms. The summed E-state index contributed by atoms with van der Waals surface area (Å²) in [6.07, 6.45) is 4.40. The molecule has 0 spiro atoms. The Morgan fingerprint density at radius 3 is 2.50 bits per heavy atom. The van der Waals surface area contributed by atoms with Crippen molar-refractivity contribution >= 4 is 33.2 Å². The van der Waals surface area contributed by atoms with Crippen molar-refractivity contribution in [3.63, 3.8) is 0 Å². The lowest BCUT2D eigenvalue weighted by Crippen LogP contribution is -2.27. The van der Waals surface area contributed by atoms with Crippen LogP contribution in [0.4, 0.5) is 11.4 Å². The van der Waals surface area contributed by atoms with Crippen LogP contribution >= 0.6 is 15.9 Å². The largest absolute Gasteiger partial charge is 0.382 e. The van der Waals surface area contributed by atoms with E-state index < -0.39 is 4.92 Å². The molecule has 2 N–H and O–H groups in total. The van der Waals surface area contributed by atoms with Gasteiger partial charge in [0.2, 0.25) is 0 Å². The minimum atomic E-state index is -0.487. The molecule has 1 amide bonds. The molecule has 0 radical (unpaired) electrons. The molecule has 0 aromatic heterocycles. The molecule has 2 aromatic carbocycles. The van der Waals surface area contributed by atoms with E-state index in [0.717, 1.165) is 31.2 Å². The van der Waals surface area contributed by atoms with Gasteiger partial charge in [-0.2, -0.15) is 0 Å². The lowest BCUT2D eigenvalue weighted by atomic mass is 10.1. The Morgan fingerprint density at radius 2 is 1.85 bits per heavy atom. The fraction of sp³-hybridized carbons (Fsp3) is 0.316. The van der Waals surface area contributed by atoms with E-state index in [1.165, 1.54) is 12.1 Å². The summed E-state index contributed by atoms with van der Waals surface area (Å²) in [6, 6.07) is 14.1.